The molecule has 0 fully saturated rings. The first-order valence-electron chi connectivity index (χ1n) is 10.2. The number of hydrogen-bond acceptors (Lipinski definition) is 3. The van der Waals surface area contributed by atoms with Crippen molar-refractivity contribution in [3.8, 4) is 0 Å². The van der Waals surface area contributed by atoms with Crippen LogP contribution in [0.4, 0.5) is 0 Å². The summed E-state index contributed by atoms with van der Waals surface area (Å²) in [5.74, 6) is -0.148. The highest BCUT2D eigenvalue weighted by atomic mass is 32.2. The van der Waals surface area contributed by atoms with Crippen LogP contribution in [0.5, 0.6) is 0 Å². The van der Waals surface area contributed by atoms with Crippen LogP contribution in [0, 0.1) is 6.92 Å². The number of rotatable bonds is 10. The van der Waals surface area contributed by atoms with Crippen molar-refractivity contribution in [3.05, 3.63) is 102 Å². The highest BCUT2D eigenvalue weighted by Crippen LogP contribution is 2.27. The smallest absolute Gasteiger partial charge is 0.240 e. The fourth-order valence-electron chi connectivity index (χ4n) is 3.43. The fourth-order valence-corrected chi connectivity index (χ4v) is 4.51. The average molecular weight is 422 g/mol. The Kier molecular flexibility index (Phi) is 7.55. The lowest BCUT2D eigenvalue weighted by Gasteiger charge is -2.17. The molecule has 0 radical (unpaired) electrons. The predicted octanol–water partition coefficient (Wildman–Crippen LogP) is 4.84. The lowest BCUT2D eigenvalue weighted by atomic mass is 9.86. The first kappa shape index (κ1) is 21.9. The molecule has 3 rings (SSSR count). The molecule has 0 saturated heterocycles. The summed E-state index contributed by atoms with van der Waals surface area (Å²) in [5.41, 5.74) is 2.97. The first-order valence-corrected chi connectivity index (χ1v) is 11.6. The van der Waals surface area contributed by atoms with Gasteiger partial charge in [-0.25, -0.2) is 13.1 Å². The molecule has 156 valence electrons. The lowest BCUT2D eigenvalue weighted by Crippen LogP contribution is -2.25. The van der Waals surface area contributed by atoms with Crippen LogP contribution in [-0.4, -0.2) is 20.7 Å². The van der Waals surface area contributed by atoms with Gasteiger partial charge in [-0.1, -0.05) is 78.4 Å². The number of sulfonamides is 1. The second kappa shape index (κ2) is 10.3. The van der Waals surface area contributed by atoms with Crippen molar-refractivity contribution < 1.29 is 13.2 Å². The number of unbranched alkanes of at least 4 members (excludes halogenated alkanes) is 1. The normalized spacial score (nSPS) is 11.5. The Hall–Kier alpha value is -2.76. The minimum absolute atomic E-state index is 0.147. The van der Waals surface area contributed by atoms with Crippen LogP contribution in [0.1, 0.15) is 41.9 Å². The van der Waals surface area contributed by atoms with Crippen LogP contribution >= 0.6 is 0 Å². The Morgan fingerprint density at radius 2 is 1.33 bits per heavy atom. The van der Waals surface area contributed by atoms with E-state index in [2.05, 4.69) is 4.72 Å². The van der Waals surface area contributed by atoms with E-state index < -0.39 is 10.0 Å². The first-order chi connectivity index (χ1) is 14.5. The van der Waals surface area contributed by atoms with Crippen molar-refractivity contribution in [2.45, 2.75) is 37.0 Å². The molecule has 0 aromatic heterocycles. The second-order valence-corrected chi connectivity index (χ2v) is 9.16. The highest BCUT2D eigenvalue weighted by molar-refractivity contribution is 7.89. The maximum Gasteiger partial charge on any atom is 0.240 e. The number of Topliss-reactive ketones (excluding diaryl/α,β-unsaturated/α-hetero) is 1. The van der Waals surface area contributed by atoms with Crippen LogP contribution in [0.25, 0.3) is 0 Å². The number of carbonyl (C=O) groups excluding carboxylic acids is 1. The van der Waals surface area contributed by atoms with Gasteiger partial charge in [0.2, 0.25) is 10.0 Å². The molecule has 1 N–H and O–H groups in total. The van der Waals surface area contributed by atoms with Gasteiger partial charge < -0.3 is 0 Å². The molecular formula is C25H27NO3S. The molecule has 0 bridgehead atoms. The van der Waals surface area contributed by atoms with E-state index in [0.717, 1.165) is 16.7 Å². The Labute approximate surface area is 179 Å². The van der Waals surface area contributed by atoms with E-state index >= 15 is 0 Å². The molecule has 0 amide bonds. The molecular weight excluding hydrogens is 394 g/mol. The van der Waals surface area contributed by atoms with Gasteiger partial charge in [0.15, 0.2) is 0 Å². The molecule has 0 unspecified atom stereocenters. The molecule has 0 heterocycles. The van der Waals surface area contributed by atoms with E-state index in [1.165, 1.54) is 0 Å². The maximum atomic E-state index is 13.0. The fraction of sp³-hybridized carbons (Fsp3) is 0.240. The largest absolute Gasteiger partial charge is 0.299 e. The van der Waals surface area contributed by atoms with Gasteiger partial charge in [0.1, 0.15) is 5.78 Å². The highest BCUT2D eigenvalue weighted by Gasteiger charge is 2.22. The van der Waals surface area contributed by atoms with Gasteiger partial charge >= 0.3 is 0 Å². The number of ketones is 1. The lowest BCUT2D eigenvalue weighted by molar-refractivity contribution is -0.119. The molecule has 5 heteroatoms. The summed E-state index contributed by atoms with van der Waals surface area (Å²) in [6, 6.07) is 26.3. The third-order valence-corrected chi connectivity index (χ3v) is 6.54. The molecule has 0 atom stereocenters. The number of hydrogen-bond donors (Lipinski definition) is 1. The van der Waals surface area contributed by atoms with Crippen molar-refractivity contribution in [1.82, 2.24) is 4.72 Å². The number of benzene rings is 3. The minimum atomic E-state index is -3.51. The SMILES string of the molecule is Cc1ccc(S(=O)(=O)NCCCCC(=O)C(c2ccccc2)c2ccccc2)cc1. The molecule has 0 saturated carbocycles. The van der Waals surface area contributed by atoms with Crippen molar-refractivity contribution >= 4 is 15.8 Å². The van der Waals surface area contributed by atoms with Gasteiger partial charge in [-0.05, 0) is 43.0 Å². The molecule has 3 aromatic carbocycles. The zero-order valence-corrected chi connectivity index (χ0v) is 17.9. The Balaban J connectivity index is 1.55. The summed E-state index contributed by atoms with van der Waals surface area (Å²) in [6.07, 6.45) is 1.64. The van der Waals surface area contributed by atoms with Crippen LogP contribution in [0.15, 0.2) is 89.8 Å². The van der Waals surface area contributed by atoms with Crippen LogP contribution in [0.3, 0.4) is 0 Å². The molecule has 3 aromatic rings. The van der Waals surface area contributed by atoms with E-state index in [4.69, 9.17) is 0 Å². The number of aryl methyl sites for hydroxylation is 1. The van der Waals surface area contributed by atoms with Crippen LogP contribution in [0.2, 0.25) is 0 Å². The van der Waals surface area contributed by atoms with Gasteiger partial charge in [-0.3, -0.25) is 4.79 Å². The van der Waals surface area contributed by atoms with Crippen LogP contribution < -0.4 is 4.72 Å². The van der Waals surface area contributed by atoms with E-state index in [9.17, 15) is 13.2 Å². The van der Waals surface area contributed by atoms with Gasteiger partial charge in [0, 0.05) is 13.0 Å². The predicted molar refractivity (Wildman–Crippen MR) is 120 cm³/mol. The van der Waals surface area contributed by atoms with E-state index in [1.807, 2.05) is 67.6 Å². The third kappa shape index (κ3) is 5.88. The summed E-state index contributed by atoms with van der Waals surface area (Å²) < 4.78 is 27.3. The Bertz CT molecular complexity index is 1010. The molecule has 0 aliphatic carbocycles. The topological polar surface area (TPSA) is 63.2 Å². The van der Waals surface area contributed by atoms with Gasteiger partial charge in [0.05, 0.1) is 10.8 Å². The monoisotopic (exact) mass is 421 g/mol. The molecule has 30 heavy (non-hydrogen) atoms. The summed E-state index contributed by atoms with van der Waals surface area (Å²) in [6.45, 7) is 2.23. The van der Waals surface area contributed by atoms with Crippen molar-refractivity contribution in [2.24, 2.45) is 0 Å². The third-order valence-electron chi connectivity index (χ3n) is 5.06. The summed E-state index contributed by atoms with van der Waals surface area (Å²) in [7, 11) is -3.51. The number of carbonyl (C=O) groups is 1. The Morgan fingerprint density at radius 1 is 0.800 bits per heavy atom. The maximum absolute atomic E-state index is 13.0. The van der Waals surface area contributed by atoms with Crippen molar-refractivity contribution in [1.29, 1.82) is 0 Å². The van der Waals surface area contributed by atoms with Crippen molar-refractivity contribution in [2.75, 3.05) is 6.54 Å². The van der Waals surface area contributed by atoms with Gasteiger partial charge in [-0.15, -0.1) is 0 Å². The molecule has 0 aliphatic rings. The van der Waals surface area contributed by atoms with Gasteiger partial charge in [0.25, 0.3) is 0 Å². The van der Waals surface area contributed by atoms with E-state index in [-0.39, 0.29) is 16.6 Å². The quantitative estimate of drug-likeness (QED) is 0.476. The zero-order valence-electron chi connectivity index (χ0n) is 17.1. The average Bonchev–Trinajstić information content (AvgIpc) is 2.75. The molecule has 0 spiro atoms. The van der Waals surface area contributed by atoms with E-state index in [1.54, 1.807) is 24.3 Å². The zero-order chi connectivity index (χ0) is 21.4. The van der Waals surface area contributed by atoms with Gasteiger partial charge in [-0.2, -0.15) is 0 Å². The molecule has 0 aliphatic heterocycles. The van der Waals surface area contributed by atoms with Crippen LogP contribution in [-0.2, 0) is 14.8 Å². The molecule has 4 nitrogen and oxygen atoms in total. The minimum Gasteiger partial charge on any atom is -0.299 e. The Morgan fingerprint density at radius 3 is 1.87 bits per heavy atom. The number of nitrogens with one attached hydrogen (secondary N) is 1. The summed E-state index contributed by atoms with van der Waals surface area (Å²) >= 11 is 0. The standard InChI is InChI=1S/C25H27NO3S/c1-20-15-17-23(18-16-20)30(28,29)26-19-9-8-14-24(27)25(21-10-4-2-5-11-21)22-12-6-3-7-13-22/h2-7,10-13,15-18,25-26H,8-9,14,19H2,1H3. The summed E-state index contributed by atoms with van der Waals surface area (Å²) in [4.78, 5) is 13.3. The summed E-state index contributed by atoms with van der Waals surface area (Å²) in [5, 5.41) is 0. The second-order valence-electron chi connectivity index (χ2n) is 7.39. The van der Waals surface area contributed by atoms with E-state index in [0.29, 0.717) is 25.8 Å². The van der Waals surface area contributed by atoms with Crippen molar-refractivity contribution in [3.63, 3.8) is 0 Å².